The smallest absolute Gasteiger partial charge is 0.142 e. The zero-order valence-electron chi connectivity index (χ0n) is 9.49. The van der Waals surface area contributed by atoms with Gasteiger partial charge in [-0.2, -0.15) is 5.26 Å². The molecule has 3 nitrogen and oxygen atoms in total. The molecule has 0 fully saturated rings. The molecule has 0 radical (unpaired) electrons. The number of rotatable bonds is 0. The van der Waals surface area contributed by atoms with Gasteiger partial charge < -0.3 is 5.73 Å². The van der Waals surface area contributed by atoms with Crippen molar-refractivity contribution in [3.63, 3.8) is 0 Å². The summed E-state index contributed by atoms with van der Waals surface area (Å²) in [5, 5.41) is 8.94. The van der Waals surface area contributed by atoms with Crippen molar-refractivity contribution in [2.45, 2.75) is 13.3 Å². The third-order valence-electron chi connectivity index (χ3n) is 3.15. The van der Waals surface area contributed by atoms with E-state index in [1.807, 2.05) is 6.07 Å². The molecule has 3 heteroatoms. The largest absolute Gasteiger partial charge is 0.383 e. The number of anilines is 1. The van der Waals surface area contributed by atoms with Crippen molar-refractivity contribution < 1.29 is 0 Å². The minimum atomic E-state index is 0.320. The lowest BCUT2D eigenvalue weighted by molar-refractivity contribution is 1.22. The highest BCUT2D eigenvalue weighted by molar-refractivity contribution is 5.76. The number of hydrogen-bond donors (Lipinski definition) is 1. The molecule has 0 saturated carbocycles. The fourth-order valence-corrected chi connectivity index (χ4v) is 2.30. The molecule has 0 amide bonds. The first-order valence-corrected chi connectivity index (χ1v) is 5.48. The van der Waals surface area contributed by atoms with Gasteiger partial charge in [0, 0.05) is 12.0 Å². The Morgan fingerprint density at radius 1 is 1.29 bits per heavy atom. The molecule has 0 spiro atoms. The maximum absolute atomic E-state index is 8.94. The minimum absolute atomic E-state index is 0.320. The molecule has 1 aromatic carbocycles. The van der Waals surface area contributed by atoms with Crippen molar-refractivity contribution in [3.8, 4) is 17.3 Å². The van der Waals surface area contributed by atoms with Gasteiger partial charge >= 0.3 is 0 Å². The van der Waals surface area contributed by atoms with Gasteiger partial charge in [-0.25, -0.2) is 4.98 Å². The third-order valence-corrected chi connectivity index (χ3v) is 3.15. The first kappa shape index (κ1) is 9.86. The second kappa shape index (κ2) is 3.33. The Kier molecular flexibility index (Phi) is 1.93. The quantitative estimate of drug-likeness (QED) is 0.634. The highest BCUT2D eigenvalue weighted by Gasteiger charge is 2.21. The van der Waals surface area contributed by atoms with Crippen molar-refractivity contribution in [2.24, 2.45) is 0 Å². The van der Waals surface area contributed by atoms with E-state index in [1.165, 1.54) is 11.1 Å². The van der Waals surface area contributed by atoms with Crippen LogP contribution in [0.2, 0.25) is 0 Å². The number of nitrogens with two attached hydrogens (primary N) is 1. The first-order chi connectivity index (χ1) is 8.19. The molecule has 0 unspecified atom stereocenters. The summed E-state index contributed by atoms with van der Waals surface area (Å²) in [4.78, 5) is 4.36. The van der Waals surface area contributed by atoms with Crippen LogP contribution in [-0.4, -0.2) is 4.98 Å². The molecule has 17 heavy (non-hydrogen) atoms. The van der Waals surface area contributed by atoms with E-state index in [9.17, 15) is 0 Å². The zero-order valence-corrected chi connectivity index (χ0v) is 9.49. The van der Waals surface area contributed by atoms with Crippen LogP contribution in [0.5, 0.6) is 0 Å². The van der Waals surface area contributed by atoms with E-state index in [-0.39, 0.29) is 0 Å². The summed E-state index contributed by atoms with van der Waals surface area (Å²) >= 11 is 0. The monoisotopic (exact) mass is 221 g/mol. The summed E-state index contributed by atoms with van der Waals surface area (Å²) in [7, 11) is 0. The Labute approximate surface area is 99.5 Å². The van der Waals surface area contributed by atoms with Crippen LogP contribution >= 0.6 is 0 Å². The average molecular weight is 221 g/mol. The van der Waals surface area contributed by atoms with Gasteiger partial charge in [0.1, 0.15) is 11.9 Å². The molecule has 0 bridgehead atoms. The maximum atomic E-state index is 8.94. The van der Waals surface area contributed by atoms with Gasteiger partial charge in [0.2, 0.25) is 0 Å². The van der Waals surface area contributed by atoms with E-state index < -0.39 is 0 Å². The van der Waals surface area contributed by atoms with Crippen LogP contribution < -0.4 is 5.73 Å². The summed E-state index contributed by atoms with van der Waals surface area (Å²) in [6, 6.07) is 10.3. The van der Waals surface area contributed by atoms with E-state index in [0.29, 0.717) is 11.4 Å². The number of pyridine rings is 1. The van der Waals surface area contributed by atoms with Gasteiger partial charge in [-0.3, -0.25) is 0 Å². The molecule has 0 atom stereocenters. The fraction of sp³-hybridized carbons (Fsp3) is 0.143. The minimum Gasteiger partial charge on any atom is -0.383 e. The van der Waals surface area contributed by atoms with Gasteiger partial charge in [-0.1, -0.05) is 17.7 Å². The van der Waals surface area contributed by atoms with Gasteiger partial charge in [-0.05, 0) is 30.2 Å². The Balaban J connectivity index is 2.26. The highest BCUT2D eigenvalue weighted by atomic mass is 14.9. The SMILES string of the molecule is Cc1ccc2c(c1)-c1nc(N)c(C#N)cc1C2. The summed E-state index contributed by atoms with van der Waals surface area (Å²) < 4.78 is 0. The second-order valence-electron chi connectivity index (χ2n) is 4.38. The highest BCUT2D eigenvalue weighted by Crippen LogP contribution is 2.36. The normalized spacial score (nSPS) is 11.8. The molecule has 2 aromatic rings. The van der Waals surface area contributed by atoms with Crippen LogP contribution in [-0.2, 0) is 6.42 Å². The summed E-state index contributed by atoms with van der Waals surface area (Å²) in [6.07, 6.45) is 0.840. The third kappa shape index (κ3) is 1.38. The molecule has 0 aliphatic heterocycles. The lowest BCUT2D eigenvalue weighted by atomic mass is 10.1. The van der Waals surface area contributed by atoms with Crippen molar-refractivity contribution in [1.29, 1.82) is 5.26 Å². The summed E-state index contributed by atoms with van der Waals surface area (Å²) in [5.41, 5.74) is 11.9. The van der Waals surface area contributed by atoms with Crippen molar-refractivity contribution in [2.75, 3.05) is 5.73 Å². The van der Waals surface area contributed by atoms with Gasteiger partial charge in [0.05, 0.1) is 11.3 Å². The molecule has 3 rings (SSSR count). The average Bonchev–Trinajstić information content (AvgIpc) is 2.65. The summed E-state index contributed by atoms with van der Waals surface area (Å²) in [5.74, 6) is 0.320. The molecule has 2 N–H and O–H groups in total. The molecule has 1 aromatic heterocycles. The maximum Gasteiger partial charge on any atom is 0.142 e. The van der Waals surface area contributed by atoms with Gasteiger partial charge in [0.15, 0.2) is 0 Å². The number of nitrogens with zero attached hydrogens (tertiary/aromatic N) is 2. The van der Waals surface area contributed by atoms with E-state index in [0.717, 1.165) is 23.2 Å². The molecular formula is C14H11N3. The van der Waals surface area contributed by atoms with Crippen molar-refractivity contribution in [1.82, 2.24) is 4.98 Å². The van der Waals surface area contributed by atoms with Gasteiger partial charge in [-0.15, -0.1) is 0 Å². The van der Waals surface area contributed by atoms with Gasteiger partial charge in [0.25, 0.3) is 0 Å². The molecule has 1 aliphatic rings. The Morgan fingerprint density at radius 2 is 2.12 bits per heavy atom. The molecular weight excluding hydrogens is 210 g/mol. The molecule has 0 saturated heterocycles. The Morgan fingerprint density at radius 3 is 2.88 bits per heavy atom. The second-order valence-corrected chi connectivity index (χ2v) is 4.38. The number of nitriles is 1. The van der Waals surface area contributed by atoms with Crippen LogP contribution in [0.3, 0.4) is 0 Å². The standard InChI is InChI=1S/C14H11N3/c1-8-2-3-9-5-10-6-11(7-15)14(16)17-13(10)12(9)4-8/h2-4,6H,5H2,1H3,(H2,16,17). The fourth-order valence-electron chi connectivity index (χ4n) is 2.30. The molecule has 82 valence electrons. The zero-order chi connectivity index (χ0) is 12.0. The predicted molar refractivity (Wildman–Crippen MR) is 66.3 cm³/mol. The van der Waals surface area contributed by atoms with E-state index in [1.54, 1.807) is 0 Å². The lowest BCUT2D eigenvalue weighted by Gasteiger charge is -2.03. The van der Waals surface area contributed by atoms with E-state index in [4.69, 9.17) is 11.0 Å². The van der Waals surface area contributed by atoms with E-state index >= 15 is 0 Å². The van der Waals surface area contributed by atoms with E-state index in [2.05, 4.69) is 36.2 Å². The Bertz CT molecular complexity index is 666. The number of fused-ring (bicyclic) bond motifs is 3. The van der Waals surface area contributed by atoms with Crippen LogP contribution in [0.15, 0.2) is 24.3 Å². The number of hydrogen-bond acceptors (Lipinski definition) is 3. The molecule has 1 heterocycles. The van der Waals surface area contributed by atoms with Crippen LogP contribution in [0.1, 0.15) is 22.3 Å². The Hall–Kier alpha value is -2.34. The van der Waals surface area contributed by atoms with Crippen LogP contribution in [0, 0.1) is 18.3 Å². The number of benzene rings is 1. The number of aryl methyl sites for hydroxylation is 1. The van der Waals surface area contributed by atoms with Crippen LogP contribution in [0.4, 0.5) is 5.82 Å². The summed E-state index contributed by atoms with van der Waals surface area (Å²) in [6.45, 7) is 2.06. The number of nitrogen functional groups attached to an aromatic ring is 1. The van der Waals surface area contributed by atoms with Crippen molar-refractivity contribution in [3.05, 3.63) is 46.5 Å². The lowest BCUT2D eigenvalue weighted by Crippen LogP contribution is -1.97. The topological polar surface area (TPSA) is 62.7 Å². The predicted octanol–water partition coefficient (Wildman–Crippen LogP) is 2.42. The first-order valence-electron chi connectivity index (χ1n) is 5.48. The number of aromatic nitrogens is 1. The van der Waals surface area contributed by atoms with Crippen LogP contribution in [0.25, 0.3) is 11.3 Å². The van der Waals surface area contributed by atoms with Crippen molar-refractivity contribution >= 4 is 5.82 Å². The molecule has 1 aliphatic carbocycles.